The van der Waals surface area contributed by atoms with E-state index in [-0.39, 0.29) is 0 Å². The smallest absolute Gasteiger partial charge is 0.0864 e. The number of H-pyrrole nitrogens is 1. The van der Waals surface area contributed by atoms with Gasteiger partial charge < -0.3 is 4.98 Å². The fourth-order valence-corrected chi connectivity index (χ4v) is 2.83. The Labute approximate surface area is 146 Å². The van der Waals surface area contributed by atoms with Crippen molar-refractivity contribution < 1.29 is 4.11 Å². The minimum atomic E-state index is -2.21. The molecular formula is C22H18N2. The van der Waals surface area contributed by atoms with Crippen molar-refractivity contribution in [3.63, 3.8) is 0 Å². The molecule has 0 saturated heterocycles. The van der Waals surface area contributed by atoms with Crippen LogP contribution in [0, 0.1) is 6.85 Å². The Morgan fingerprint density at radius 3 is 2.50 bits per heavy atom. The Hall–Kier alpha value is -3.13. The summed E-state index contributed by atoms with van der Waals surface area (Å²) in [4.78, 5) is 7.54. The van der Waals surface area contributed by atoms with Crippen LogP contribution in [0.15, 0.2) is 85.2 Å². The normalized spacial score (nSPS) is 13.1. The molecule has 0 amide bonds. The summed E-state index contributed by atoms with van der Waals surface area (Å²) in [6, 6.07) is 23.1. The number of rotatable bonds is 3. The van der Waals surface area contributed by atoms with Gasteiger partial charge in [-0.15, -0.1) is 0 Å². The largest absolute Gasteiger partial charge is 0.359 e. The van der Waals surface area contributed by atoms with E-state index in [0.717, 1.165) is 28.1 Å². The average molecular weight is 313 g/mol. The fourth-order valence-electron chi connectivity index (χ4n) is 2.83. The highest BCUT2D eigenvalue weighted by Gasteiger charge is 2.08. The maximum absolute atomic E-state index is 8.00. The summed E-state index contributed by atoms with van der Waals surface area (Å²) in [6.07, 6.45) is 3.56. The van der Waals surface area contributed by atoms with Crippen LogP contribution in [0.4, 0.5) is 0 Å². The maximum Gasteiger partial charge on any atom is 0.0864 e. The van der Waals surface area contributed by atoms with Gasteiger partial charge in [0.25, 0.3) is 0 Å². The van der Waals surface area contributed by atoms with Crippen LogP contribution in [0.5, 0.6) is 0 Å². The standard InChI is InChI=1S/C22H18N2/c1-16-13-18(17-7-3-2-4-8-17)10-11-20(16)19-14-22(24-15-19)21-9-5-6-12-23-21/h2-15,24H,1H3/i1D3. The van der Waals surface area contributed by atoms with E-state index in [9.17, 15) is 0 Å². The molecule has 1 N–H and O–H groups in total. The van der Waals surface area contributed by atoms with Gasteiger partial charge in [0.05, 0.1) is 11.4 Å². The first kappa shape index (κ1) is 11.4. The number of hydrogen-bond donors (Lipinski definition) is 1. The van der Waals surface area contributed by atoms with Crippen molar-refractivity contribution in [1.29, 1.82) is 0 Å². The molecule has 0 unspecified atom stereocenters. The van der Waals surface area contributed by atoms with Crippen molar-refractivity contribution in [2.45, 2.75) is 6.85 Å². The van der Waals surface area contributed by atoms with Gasteiger partial charge >= 0.3 is 0 Å². The number of benzene rings is 2. The minimum absolute atomic E-state index is 0.343. The zero-order valence-corrected chi connectivity index (χ0v) is 13.0. The maximum atomic E-state index is 8.00. The lowest BCUT2D eigenvalue weighted by atomic mass is 9.97. The van der Waals surface area contributed by atoms with Crippen LogP contribution in [0.1, 0.15) is 9.68 Å². The molecule has 0 aliphatic rings. The van der Waals surface area contributed by atoms with Crippen LogP contribution < -0.4 is 0 Å². The van der Waals surface area contributed by atoms with Gasteiger partial charge in [0.1, 0.15) is 0 Å². The highest BCUT2D eigenvalue weighted by Crippen LogP contribution is 2.30. The summed E-state index contributed by atoms with van der Waals surface area (Å²) in [7, 11) is 0. The lowest BCUT2D eigenvalue weighted by Crippen LogP contribution is -1.84. The van der Waals surface area contributed by atoms with Crippen molar-refractivity contribution >= 4 is 0 Å². The summed E-state index contributed by atoms with van der Waals surface area (Å²) in [6.45, 7) is -2.21. The number of pyridine rings is 1. The highest BCUT2D eigenvalue weighted by atomic mass is 14.8. The topological polar surface area (TPSA) is 28.7 Å². The molecule has 0 spiro atoms. The van der Waals surface area contributed by atoms with Gasteiger partial charge in [-0.1, -0.05) is 54.6 Å². The number of aromatic nitrogens is 2. The minimum Gasteiger partial charge on any atom is -0.359 e. The second kappa shape index (κ2) is 6.17. The van der Waals surface area contributed by atoms with Gasteiger partial charge in [0.2, 0.25) is 0 Å². The molecule has 4 rings (SSSR count). The molecule has 0 bridgehead atoms. The number of aryl methyl sites for hydroxylation is 1. The molecule has 2 aromatic carbocycles. The Kier molecular flexibility index (Phi) is 2.93. The number of aromatic amines is 1. The number of nitrogens with one attached hydrogen (secondary N) is 1. The molecule has 2 aromatic heterocycles. The molecule has 0 atom stereocenters. The van der Waals surface area contributed by atoms with E-state index in [4.69, 9.17) is 4.11 Å². The van der Waals surface area contributed by atoms with Crippen molar-refractivity contribution in [2.75, 3.05) is 0 Å². The van der Waals surface area contributed by atoms with Gasteiger partial charge in [0.15, 0.2) is 0 Å². The molecule has 0 aliphatic heterocycles. The van der Waals surface area contributed by atoms with Crippen molar-refractivity contribution in [3.05, 3.63) is 90.8 Å². The second-order valence-corrected chi connectivity index (χ2v) is 5.64. The summed E-state index contributed by atoms with van der Waals surface area (Å²) in [5.74, 6) is 0. The monoisotopic (exact) mass is 313 g/mol. The Balaban J connectivity index is 1.80. The molecule has 2 nitrogen and oxygen atoms in total. The van der Waals surface area contributed by atoms with Crippen molar-refractivity contribution in [2.24, 2.45) is 0 Å². The van der Waals surface area contributed by atoms with Gasteiger partial charge in [-0.05, 0) is 47.3 Å². The summed E-state index contributed by atoms with van der Waals surface area (Å²) >= 11 is 0. The zero-order chi connectivity index (χ0) is 18.9. The molecule has 0 radical (unpaired) electrons. The third-order valence-electron chi connectivity index (χ3n) is 4.06. The van der Waals surface area contributed by atoms with E-state index in [1.54, 1.807) is 12.3 Å². The second-order valence-electron chi connectivity index (χ2n) is 5.64. The van der Waals surface area contributed by atoms with Crippen molar-refractivity contribution in [3.8, 4) is 33.6 Å². The lowest BCUT2D eigenvalue weighted by molar-refractivity contribution is 1.28. The van der Waals surface area contributed by atoms with E-state index in [0.29, 0.717) is 11.1 Å². The summed E-state index contributed by atoms with van der Waals surface area (Å²) in [5.41, 5.74) is 5.45. The van der Waals surface area contributed by atoms with Crippen LogP contribution >= 0.6 is 0 Å². The van der Waals surface area contributed by atoms with Crippen molar-refractivity contribution in [1.82, 2.24) is 9.97 Å². The summed E-state index contributed by atoms with van der Waals surface area (Å²) < 4.78 is 24.0. The van der Waals surface area contributed by atoms with E-state index in [2.05, 4.69) is 9.97 Å². The molecule has 0 saturated carbocycles. The number of hydrogen-bond acceptors (Lipinski definition) is 1. The fraction of sp³-hybridized carbons (Fsp3) is 0.0455. The van der Waals surface area contributed by atoms with Crippen LogP contribution in [-0.4, -0.2) is 9.97 Å². The van der Waals surface area contributed by atoms with Gasteiger partial charge in [-0.25, -0.2) is 0 Å². The van der Waals surface area contributed by atoms with Crippen LogP contribution in [-0.2, 0) is 0 Å². The van der Waals surface area contributed by atoms with Crippen LogP contribution in [0.2, 0.25) is 0 Å². The first-order valence-electron chi connectivity index (χ1n) is 9.32. The molecule has 2 heterocycles. The van der Waals surface area contributed by atoms with E-state index >= 15 is 0 Å². The van der Waals surface area contributed by atoms with Gasteiger partial charge in [-0.2, -0.15) is 0 Å². The third-order valence-corrected chi connectivity index (χ3v) is 4.06. The Morgan fingerprint density at radius 2 is 1.71 bits per heavy atom. The summed E-state index contributed by atoms with van der Waals surface area (Å²) in [5, 5.41) is 0. The first-order valence-corrected chi connectivity index (χ1v) is 7.82. The predicted molar refractivity (Wildman–Crippen MR) is 99.6 cm³/mol. The molecule has 0 aliphatic carbocycles. The highest BCUT2D eigenvalue weighted by molar-refractivity contribution is 5.76. The molecule has 116 valence electrons. The molecule has 24 heavy (non-hydrogen) atoms. The SMILES string of the molecule is [2H]C([2H])([2H])c1cc(-c2ccccc2)ccc1-c1c[nH]c(-c2ccccn2)c1. The molecular weight excluding hydrogens is 292 g/mol. The third kappa shape index (κ3) is 2.74. The van der Waals surface area contributed by atoms with Gasteiger partial charge in [0, 0.05) is 22.1 Å². The quantitative estimate of drug-likeness (QED) is 0.515. The van der Waals surface area contributed by atoms with Gasteiger partial charge in [-0.3, -0.25) is 4.98 Å². The van der Waals surface area contributed by atoms with Crippen LogP contribution in [0.25, 0.3) is 33.6 Å². The first-order chi connectivity index (χ1) is 13.0. The average Bonchev–Trinajstić information content (AvgIpc) is 3.18. The number of nitrogens with zero attached hydrogens (tertiary/aromatic N) is 1. The van der Waals surface area contributed by atoms with Crippen LogP contribution in [0.3, 0.4) is 0 Å². The molecule has 4 aromatic rings. The Morgan fingerprint density at radius 1 is 0.833 bits per heavy atom. The van der Waals surface area contributed by atoms with E-state index < -0.39 is 6.85 Å². The van der Waals surface area contributed by atoms with E-state index in [1.165, 1.54) is 0 Å². The zero-order valence-electron chi connectivity index (χ0n) is 16.0. The molecule has 2 heteroatoms. The molecule has 0 fully saturated rings. The van der Waals surface area contributed by atoms with E-state index in [1.807, 2.05) is 72.9 Å². The Bertz CT molecular complexity index is 1050. The lowest BCUT2D eigenvalue weighted by Gasteiger charge is -2.07. The predicted octanol–water partition coefficient (Wildman–Crippen LogP) is 5.72.